The van der Waals surface area contributed by atoms with Gasteiger partial charge in [-0.1, -0.05) is 29.2 Å². The average molecular weight is 882 g/mol. The molecule has 5 aromatic rings. The maximum atomic E-state index is 13.9. The van der Waals surface area contributed by atoms with Crippen LogP contribution in [0.15, 0.2) is 72.3 Å². The molecule has 0 amide bonds. The first-order valence-electron chi connectivity index (χ1n) is 12.7. The minimum Gasteiger partial charge on any atom is -0.871 e. The van der Waals surface area contributed by atoms with E-state index in [1.54, 1.807) is 0 Å². The van der Waals surface area contributed by atoms with E-state index in [0.717, 1.165) is 12.1 Å². The van der Waals surface area contributed by atoms with Crippen molar-refractivity contribution in [1.29, 1.82) is 0 Å². The summed E-state index contributed by atoms with van der Waals surface area (Å²) in [5.74, 6) is -3.30. The van der Waals surface area contributed by atoms with Crippen molar-refractivity contribution in [1.82, 2.24) is 9.97 Å². The third-order valence-electron chi connectivity index (χ3n) is 6.73. The first-order valence-corrected chi connectivity index (χ1v) is 18.8. The molecule has 0 aliphatic carbocycles. The summed E-state index contributed by atoms with van der Waals surface area (Å²) < 4.78 is 154. The molecule has 0 aliphatic rings. The topological polar surface area (TPSA) is 332 Å². The molecule has 0 bridgehead atoms. The van der Waals surface area contributed by atoms with Crippen molar-refractivity contribution < 1.29 is 185 Å². The number of rotatable bonds is 8. The van der Waals surface area contributed by atoms with Crippen LogP contribution in [0.25, 0.3) is 21.5 Å². The molecule has 54 heavy (non-hydrogen) atoms. The number of aryl methyl sites for hydroxylation is 1. The largest absolute Gasteiger partial charge is 1.00 e. The van der Waals surface area contributed by atoms with Crippen LogP contribution in [0.3, 0.4) is 0 Å². The van der Waals surface area contributed by atoms with Gasteiger partial charge in [0.25, 0.3) is 20.2 Å². The minimum atomic E-state index is -5.66. The Bertz CT molecular complexity index is 2820. The molecule has 0 saturated carbocycles. The van der Waals surface area contributed by atoms with Crippen molar-refractivity contribution >= 4 is 96.5 Å². The van der Waals surface area contributed by atoms with Crippen molar-refractivity contribution in [3.8, 4) is 11.5 Å². The van der Waals surface area contributed by atoms with Crippen LogP contribution in [-0.4, -0.2) is 61.9 Å². The fourth-order valence-corrected chi connectivity index (χ4v) is 7.40. The van der Waals surface area contributed by atoms with Gasteiger partial charge in [-0.2, -0.15) is 36.4 Å². The van der Waals surface area contributed by atoms with E-state index in [1.165, 1.54) is 6.92 Å². The Morgan fingerprint density at radius 2 is 1.33 bits per heavy atom. The Balaban J connectivity index is 0.00000364. The summed E-state index contributed by atoms with van der Waals surface area (Å²) in [6.07, 6.45) is -1.29. The molecule has 1 heterocycles. The van der Waals surface area contributed by atoms with Gasteiger partial charge < -0.3 is 24.6 Å². The molecule has 1 aromatic heterocycles. The average Bonchev–Trinajstić information content (AvgIpc) is 2.97. The number of nitrogens with one attached hydrogen (secondary N) is 1. The molecule has 0 radical (unpaired) electrons. The number of hydrogen-bond donors (Lipinski definition) is 3. The number of aromatic nitrogens is 2. The molecule has 4 aromatic carbocycles. The predicted molar refractivity (Wildman–Crippen MR) is 162 cm³/mol. The van der Waals surface area contributed by atoms with E-state index >= 15 is 0 Å². The molecule has 0 saturated heterocycles. The zero-order chi connectivity index (χ0) is 37.3. The standard InChI is InChI=1S/C25H17ClFN5O14S4.4Na/c1-9-21(26)24(30-25(27)28-9)29-10-4-14-17(48(38,39)40)7-15(23(34)20(14)19(5-10)50(44,45)46)31-32-22-12-3-2-11(47(35,36)37)6-13(12)18(8-16(22)33)49(41,42)43;;;;/h2-8,33-34H,1H3,(H,28,29,30)(H,35,36,37)(H,38,39,40)(H,41,42,43)(H,44,45,46);;;;/q;4*+1/p-4. The van der Waals surface area contributed by atoms with Crippen LogP contribution in [-0.2, 0) is 40.5 Å². The van der Waals surface area contributed by atoms with Crippen molar-refractivity contribution in [3.05, 3.63) is 59.3 Å². The number of nitrogens with zero attached hydrogens (tertiary/aromatic N) is 4. The van der Waals surface area contributed by atoms with E-state index in [0.29, 0.717) is 24.3 Å². The van der Waals surface area contributed by atoms with Crippen molar-refractivity contribution in [2.24, 2.45) is 10.2 Å². The van der Waals surface area contributed by atoms with Gasteiger partial charge in [0.1, 0.15) is 35.0 Å². The molecule has 264 valence electrons. The van der Waals surface area contributed by atoms with Crippen molar-refractivity contribution in [2.75, 3.05) is 5.32 Å². The third-order valence-corrected chi connectivity index (χ3v) is 10.7. The first-order chi connectivity index (χ1) is 22.9. The molecular formula is C25H13ClFN5Na4O14S4. The number of benzene rings is 4. The second-order valence-electron chi connectivity index (χ2n) is 9.97. The van der Waals surface area contributed by atoms with E-state index in [-0.39, 0.29) is 135 Å². The number of halogens is 2. The van der Waals surface area contributed by atoms with Gasteiger partial charge in [0, 0.05) is 21.8 Å². The van der Waals surface area contributed by atoms with Gasteiger partial charge in [-0.05, 0) is 48.7 Å². The second-order valence-corrected chi connectivity index (χ2v) is 15.9. The summed E-state index contributed by atoms with van der Waals surface area (Å²) in [7, 11) is -21.6. The molecule has 0 spiro atoms. The molecule has 19 nitrogen and oxygen atoms in total. The number of azo groups is 1. The van der Waals surface area contributed by atoms with Crippen LogP contribution in [0.1, 0.15) is 5.69 Å². The first kappa shape index (κ1) is 51.4. The van der Waals surface area contributed by atoms with Gasteiger partial charge in [-0.25, -0.2) is 21.8 Å². The quantitative estimate of drug-likeness (QED) is 0.0564. The van der Waals surface area contributed by atoms with Gasteiger partial charge in [0.2, 0.25) is 0 Å². The van der Waals surface area contributed by atoms with E-state index in [4.69, 9.17) is 11.6 Å². The fraction of sp³-hybridized carbons (Fsp3) is 0.0400. The second kappa shape index (κ2) is 18.5. The summed E-state index contributed by atoms with van der Waals surface area (Å²) in [6.45, 7) is 1.28. The van der Waals surface area contributed by atoms with Gasteiger partial charge in [-0.3, -0.25) is 9.11 Å². The van der Waals surface area contributed by atoms with E-state index in [2.05, 4.69) is 25.5 Å². The molecule has 0 fully saturated rings. The Kier molecular flexibility index (Phi) is 17.6. The van der Waals surface area contributed by atoms with Crippen LogP contribution in [0, 0.1) is 13.0 Å². The minimum absolute atomic E-state index is 0. The van der Waals surface area contributed by atoms with Crippen LogP contribution in [0.5, 0.6) is 11.5 Å². The molecule has 0 atom stereocenters. The van der Waals surface area contributed by atoms with Gasteiger partial charge in [0.15, 0.2) is 5.82 Å². The molecule has 3 N–H and O–H groups in total. The monoisotopic (exact) mass is 881 g/mol. The molecule has 29 heteroatoms. The molecule has 5 rings (SSSR count). The number of anilines is 2. The Hall–Kier alpha value is -0.660. The zero-order valence-electron chi connectivity index (χ0n) is 28.0. The number of hydrogen-bond acceptors (Lipinski definition) is 17. The van der Waals surface area contributed by atoms with E-state index in [1.807, 2.05) is 0 Å². The maximum absolute atomic E-state index is 13.9. The summed E-state index contributed by atoms with van der Waals surface area (Å²) in [4.78, 5) is 2.02. The fourth-order valence-electron chi connectivity index (χ4n) is 4.65. The predicted octanol–water partition coefficient (Wildman–Crippen LogP) is -9.49. The van der Waals surface area contributed by atoms with Gasteiger partial charge >= 0.3 is 124 Å². The van der Waals surface area contributed by atoms with Crippen molar-refractivity contribution in [3.63, 3.8) is 0 Å². The smallest absolute Gasteiger partial charge is 0.871 e. The Labute approximate surface area is 398 Å². The maximum Gasteiger partial charge on any atom is 1.00 e. The third kappa shape index (κ3) is 10.9. The van der Waals surface area contributed by atoms with E-state index < -0.39 is 122 Å². The van der Waals surface area contributed by atoms with Gasteiger partial charge in [-0.15, -0.1) is 0 Å². The summed E-state index contributed by atoms with van der Waals surface area (Å²) in [5, 5.41) is 32.2. The number of fused-ring (bicyclic) bond motifs is 2. The van der Waals surface area contributed by atoms with Crippen LogP contribution >= 0.6 is 11.6 Å². The molecule has 0 aliphatic heterocycles. The Morgan fingerprint density at radius 1 is 0.741 bits per heavy atom. The zero-order valence-corrected chi connectivity index (χ0v) is 40.0. The summed E-state index contributed by atoms with van der Waals surface area (Å²) in [6, 6.07) is 3.79. The summed E-state index contributed by atoms with van der Waals surface area (Å²) in [5.41, 5.74) is -2.56. The van der Waals surface area contributed by atoms with E-state index in [9.17, 15) is 66.5 Å². The SMILES string of the molecule is Cc1nc(F)nc(Nc2cc(S(=O)(=O)O)c3c([O-])c(N=Nc4c([O-])cc(S(=O)(=O)O)c5cc(S(=O)(=O)[O-])ccc45)cc(S(=O)(=O)[O-])c3c2)c1Cl.[Na+].[Na+].[Na+].[Na+]. The summed E-state index contributed by atoms with van der Waals surface area (Å²) >= 11 is 6.06. The molecule has 0 unspecified atom stereocenters. The van der Waals surface area contributed by atoms with Crippen molar-refractivity contribution in [2.45, 2.75) is 26.5 Å². The van der Waals surface area contributed by atoms with Gasteiger partial charge in [0.05, 0.1) is 26.9 Å². The Morgan fingerprint density at radius 3 is 1.87 bits per heavy atom. The normalized spacial score (nSPS) is 12.1. The van der Waals surface area contributed by atoms with Crippen LogP contribution < -0.4 is 134 Å². The molecular weight excluding hydrogens is 869 g/mol. The van der Waals surface area contributed by atoms with Crippen LogP contribution in [0.4, 0.5) is 27.3 Å². The van der Waals surface area contributed by atoms with Crippen LogP contribution in [0.2, 0.25) is 5.02 Å².